The highest BCUT2D eigenvalue weighted by atomic mass is 16.5. The van der Waals surface area contributed by atoms with Gasteiger partial charge in [-0.3, -0.25) is 9.59 Å². The van der Waals surface area contributed by atoms with Gasteiger partial charge in [-0.2, -0.15) is 0 Å². The van der Waals surface area contributed by atoms with Crippen LogP contribution in [0.15, 0.2) is 0 Å². The van der Waals surface area contributed by atoms with E-state index in [-0.39, 0.29) is 18.8 Å². The molecule has 0 amide bonds. The molecule has 0 radical (unpaired) electrons. The summed E-state index contributed by atoms with van der Waals surface area (Å²) in [4.78, 5) is 21.1. The molecule has 4 nitrogen and oxygen atoms in total. The van der Waals surface area contributed by atoms with Gasteiger partial charge in [0.2, 0.25) is 0 Å². The Kier molecular flexibility index (Phi) is 6.80. The third-order valence-electron chi connectivity index (χ3n) is 1.73. The van der Waals surface area contributed by atoms with Crippen molar-refractivity contribution in [3.05, 3.63) is 0 Å². The molecule has 14 heavy (non-hydrogen) atoms. The summed E-state index contributed by atoms with van der Waals surface area (Å²) in [6.07, 6.45) is 1.43. The van der Waals surface area contributed by atoms with Crippen molar-refractivity contribution in [1.82, 2.24) is 0 Å². The largest absolute Gasteiger partial charge is 0.481 e. The van der Waals surface area contributed by atoms with Crippen LogP contribution in [-0.4, -0.2) is 23.7 Å². The second kappa shape index (κ2) is 7.35. The summed E-state index contributed by atoms with van der Waals surface area (Å²) in [5, 5.41) is 8.32. The van der Waals surface area contributed by atoms with Crippen molar-refractivity contribution < 1.29 is 19.4 Å². The first kappa shape index (κ1) is 12.9. The Morgan fingerprint density at radius 2 is 1.93 bits per heavy atom. The molecule has 0 rings (SSSR count). The van der Waals surface area contributed by atoms with Crippen molar-refractivity contribution >= 4 is 11.9 Å². The van der Waals surface area contributed by atoms with E-state index in [0.29, 0.717) is 18.9 Å². The van der Waals surface area contributed by atoms with E-state index in [4.69, 9.17) is 9.84 Å². The molecule has 1 N–H and O–H groups in total. The van der Waals surface area contributed by atoms with Gasteiger partial charge >= 0.3 is 11.9 Å². The number of hydrogen-bond acceptors (Lipinski definition) is 3. The Hall–Kier alpha value is -1.06. The molecule has 0 unspecified atom stereocenters. The zero-order chi connectivity index (χ0) is 11.0. The molecular formula is C10H18O4. The lowest BCUT2D eigenvalue weighted by Crippen LogP contribution is -2.08. The number of aliphatic carboxylic acids is 1. The molecule has 0 saturated carbocycles. The van der Waals surface area contributed by atoms with E-state index in [1.165, 1.54) is 0 Å². The first-order chi connectivity index (χ1) is 6.52. The van der Waals surface area contributed by atoms with E-state index in [1.54, 1.807) is 0 Å². The molecule has 0 saturated heterocycles. The van der Waals surface area contributed by atoms with Gasteiger partial charge < -0.3 is 9.84 Å². The standard InChI is InChI=1S/C10H18O4/c1-8(2)6-7-14-10(13)5-3-4-9(11)12/h8H,3-7H2,1-2H3,(H,11,12). The van der Waals surface area contributed by atoms with Crippen molar-refractivity contribution in [2.24, 2.45) is 5.92 Å². The fourth-order valence-corrected chi connectivity index (χ4v) is 0.865. The maximum Gasteiger partial charge on any atom is 0.305 e. The summed E-state index contributed by atoms with van der Waals surface area (Å²) in [7, 11) is 0. The van der Waals surface area contributed by atoms with Crippen LogP contribution in [0.5, 0.6) is 0 Å². The van der Waals surface area contributed by atoms with E-state index >= 15 is 0 Å². The van der Waals surface area contributed by atoms with Crippen molar-refractivity contribution in [1.29, 1.82) is 0 Å². The second-order valence-corrected chi connectivity index (χ2v) is 3.65. The van der Waals surface area contributed by atoms with Gasteiger partial charge in [-0.1, -0.05) is 13.8 Å². The minimum atomic E-state index is -0.875. The minimum absolute atomic E-state index is 0.0271. The summed E-state index contributed by atoms with van der Waals surface area (Å²) in [6, 6.07) is 0. The molecular weight excluding hydrogens is 184 g/mol. The van der Waals surface area contributed by atoms with Crippen molar-refractivity contribution in [2.45, 2.75) is 39.5 Å². The predicted molar refractivity (Wildman–Crippen MR) is 51.9 cm³/mol. The number of carbonyl (C=O) groups excluding carboxylic acids is 1. The summed E-state index contributed by atoms with van der Waals surface area (Å²) in [5.74, 6) is -0.659. The van der Waals surface area contributed by atoms with Crippen LogP contribution in [0.2, 0.25) is 0 Å². The first-order valence-electron chi connectivity index (χ1n) is 4.89. The van der Waals surface area contributed by atoms with Crippen LogP contribution in [0.25, 0.3) is 0 Å². The van der Waals surface area contributed by atoms with Gasteiger partial charge in [-0.15, -0.1) is 0 Å². The highest BCUT2D eigenvalue weighted by Gasteiger charge is 2.05. The van der Waals surface area contributed by atoms with Crippen molar-refractivity contribution in [3.63, 3.8) is 0 Å². The average molecular weight is 202 g/mol. The number of carbonyl (C=O) groups is 2. The Labute approximate surface area is 84.3 Å². The molecule has 0 bridgehead atoms. The summed E-state index contributed by atoms with van der Waals surface area (Å²) < 4.78 is 4.90. The van der Waals surface area contributed by atoms with E-state index < -0.39 is 5.97 Å². The SMILES string of the molecule is CC(C)CCOC(=O)CCCC(=O)O. The number of rotatable bonds is 7. The lowest BCUT2D eigenvalue weighted by molar-refractivity contribution is -0.144. The smallest absolute Gasteiger partial charge is 0.305 e. The quantitative estimate of drug-likeness (QED) is 0.640. The van der Waals surface area contributed by atoms with Crippen molar-refractivity contribution in [3.8, 4) is 0 Å². The number of ether oxygens (including phenoxy) is 1. The molecule has 0 aromatic rings. The fraction of sp³-hybridized carbons (Fsp3) is 0.800. The molecule has 0 aliphatic heterocycles. The van der Waals surface area contributed by atoms with Gasteiger partial charge in [0.25, 0.3) is 0 Å². The lowest BCUT2D eigenvalue weighted by atomic mass is 10.1. The maximum absolute atomic E-state index is 11.0. The monoisotopic (exact) mass is 202 g/mol. The number of carboxylic acids is 1. The first-order valence-corrected chi connectivity index (χ1v) is 4.89. The summed E-state index contributed by atoms with van der Waals surface area (Å²) in [6.45, 7) is 4.54. The minimum Gasteiger partial charge on any atom is -0.481 e. The Morgan fingerprint density at radius 1 is 1.29 bits per heavy atom. The van der Waals surface area contributed by atoms with Crippen LogP contribution in [-0.2, 0) is 14.3 Å². The van der Waals surface area contributed by atoms with Gasteiger partial charge in [-0.05, 0) is 18.8 Å². The fourth-order valence-electron chi connectivity index (χ4n) is 0.865. The molecule has 0 spiro atoms. The molecule has 0 aliphatic carbocycles. The Morgan fingerprint density at radius 3 is 2.43 bits per heavy atom. The summed E-state index contributed by atoms with van der Waals surface area (Å²) in [5.41, 5.74) is 0. The zero-order valence-corrected chi connectivity index (χ0v) is 8.78. The molecule has 4 heteroatoms. The molecule has 0 heterocycles. The third-order valence-corrected chi connectivity index (χ3v) is 1.73. The predicted octanol–water partition coefficient (Wildman–Crippen LogP) is 1.83. The van der Waals surface area contributed by atoms with E-state index in [0.717, 1.165) is 6.42 Å². The van der Waals surface area contributed by atoms with Gasteiger partial charge in [0.05, 0.1) is 6.61 Å². The molecule has 0 fully saturated rings. The third kappa shape index (κ3) is 9.03. The Bertz CT molecular complexity index is 187. The highest BCUT2D eigenvalue weighted by Crippen LogP contribution is 2.02. The Balaban J connectivity index is 3.33. The van der Waals surface area contributed by atoms with Crippen LogP contribution in [0.3, 0.4) is 0 Å². The van der Waals surface area contributed by atoms with Crippen LogP contribution < -0.4 is 0 Å². The van der Waals surface area contributed by atoms with E-state index in [1.807, 2.05) is 0 Å². The van der Waals surface area contributed by atoms with Gasteiger partial charge in [0.15, 0.2) is 0 Å². The van der Waals surface area contributed by atoms with Crippen LogP contribution in [0.1, 0.15) is 39.5 Å². The molecule has 0 atom stereocenters. The van der Waals surface area contributed by atoms with Crippen LogP contribution >= 0.6 is 0 Å². The van der Waals surface area contributed by atoms with Crippen molar-refractivity contribution in [2.75, 3.05) is 6.61 Å². The highest BCUT2D eigenvalue weighted by molar-refractivity contribution is 5.71. The van der Waals surface area contributed by atoms with E-state index in [9.17, 15) is 9.59 Å². The van der Waals surface area contributed by atoms with Crippen LogP contribution in [0, 0.1) is 5.92 Å². The topological polar surface area (TPSA) is 63.6 Å². The molecule has 0 aromatic carbocycles. The maximum atomic E-state index is 11.0. The van der Waals surface area contributed by atoms with Gasteiger partial charge in [0, 0.05) is 12.8 Å². The average Bonchev–Trinajstić information content (AvgIpc) is 2.02. The number of esters is 1. The zero-order valence-electron chi connectivity index (χ0n) is 8.78. The number of carboxylic acid groups (broad SMARTS) is 1. The normalized spacial score (nSPS) is 10.2. The molecule has 82 valence electrons. The van der Waals surface area contributed by atoms with Crippen LogP contribution in [0.4, 0.5) is 0 Å². The summed E-state index contributed by atoms with van der Waals surface area (Å²) >= 11 is 0. The number of hydrogen-bond donors (Lipinski definition) is 1. The van der Waals surface area contributed by atoms with Gasteiger partial charge in [-0.25, -0.2) is 0 Å². The van der Waals surface area contributed by atoms with E-state index in [2.05, 4.69) is 13.8 Å². The van der Waals surface area contributed by atoms with Gasteiger partial charge in [0.1, 0.15) is 0 Å². The molecule has 0 aliphatic rings. The molecule has 0 aromatic heterocycles. The second-order valence-electron chi connectivity index (χ2n) is 3.65. The lowest BCUT2D eigenvalue weighted by Gasteiger charge is -2.05.